The predicted octanol–water partition coefficient (Wildman–Crippen LogP) is 7.62. The number of rotatable bonds is 14. The standard InChI is InChI=1S/C34H45N5O10.C16H23ClOSi.C2H6OSi/c1-19-14-38(33(45)35-32(19)44)29-13-27(42)28(49-29)18-47-30(43)15-39-26(16-40)31(36-37-39)22-8-6-21(7-9-22)17-46-24-10-23(34(3,4)5)11-25(12-24)48-20(2)41;1-16(2,3)19(4,5)18-12-6-7-14-8-10-15(13-17)11-9-14;1-4(2)3/h6-9,14,23-25,27-29,40,42H,10-13,15-18H2,1-5H3,(H,35,44,45);8-11H,12-13H2,1-5H3;1-2H3/t23-,24+,25-,27?,28+,29+;;/m0../s1. The van der Waals surface area contributed by atoms with E-state index in [0.29, 0.717) is 53.9 Å². The molecule has 3 heterocycles. The van der Waals surface area contributed by atoms with Gasteiger partial charge < -0.3 is 38.0 Å². The zero-order valence-electron chi connectivity index (χ0n) is 43.9. The third kappa shape index (κ3) is 18.2. The van der Waals surface area contributed by atoms with Gasteiger partial charge in [0, 0.05) is 48.5 Å². The minimum atomic E-state index is -1.68. The van der Waals surface area contributed by atoms with E-state index in [1.54, 1.807) is 20.0 Å². The Labute approximate surface area is 430 Å². The number of benzene rings is 2. The van der Waals surface area contributed by atoms with E-state index in [1.165, 1.54) is 22.4 Å². The molecule has 6 rings (SSSR count). The molecule has 1 unspecified atom stereocenters. The number of aromatic amines is 1. The Bertz CT molecular complexity index is 2610. The smallest absolute Gasteiger partial charge is 0.330 e. The quantitative estimate of drug-likeness (QED) is 0.0479. The molecule has 1 saturated heterocycles. The molecule has 0 bridgehead atoms. The van der Waals surface area contributed by atoms with Gasteiger partial charge in [0.25, 0.3) is 14.2 Å². The molecule has 4 aromatic rings. The predicted molar refractivity (Wildman–Crippen MR) is 278 cm³/mol. The number of aryl methyl sites for hydroxylation is 1. The number of aliphatic hydroxyl groups is 2. The average Bonchev–Trinajstić information content (AvgIpc) is 3.88. The number of hydrogen-bond donors (Lipinski definition) is 3. The number of alkyl halides is 1. The van der Waals surface area contributed by atoms with Crippen molar-refractivity contribution in [3.8, 4) is 23.1 Å². The number of carbonyl (C=O) groups is 2. The van der Waals surface area contributed by atoms with Gasteiger partial charge in [0.05, 0.1) is 37.7 Å². The second-order valence-corrected chi connectivity index (χ2v) is 27.9. The number of nitrogens with one attached hydrogen (secondary N) is 1. The Balaban J connectivity index is 0.000000406. The number of halogens is 1. The summed E-state index contributed by atoms with van der Waals surface area (Å²) in [5.41, 5.74) is 3.67. The van der Waals surface area contributed by atoms with Crippen molar-refractivity contribution in [2.24, 2.45) is 11.3 Å². The summed E-state index contributed by atoms with van der Waals surface area (Å²) in [4.78, 5) is 50.4. The summed E-state index contributed by atoms with van der Waals surface area (Å²) in [6, 6.07) is 15.5. The summed E-state index contributed by atoms with van der Waals surface area (Å²) < 4.78 is 41.0. The summed E-state index contributed by atoms with van der Waals surface area (Å²) in [6.45, 7) is 24.0. The van der Waals surface area contributed by atoms with E-state index in [4.69, 9.17) is 35.0 Å². The number of nitrogens with zero attached hydrogens (tertiary/aromatic N) is 4. The van der Waals surface area contributed by atoms with Crippen LogP contribution >= 0.6 is 11.6 Å². The van der Waals surface area contributed by atoms with Gasteiger partial charge in [-0.15, -0.1) is 16.7 Å². The molecule has 2 fully saturated rings. The van der Waals surface area contributed by atoms with Crippen LogP contribution in [0.2, 0.25) is 31.2 Å². The molecule has 0 spiro atoms. The van der Waals surface area contributed by atoms with Gasteiger partial charge in [-0.05, 0) is 85.6 Å². The van der Waals surface area contributed by atoms with Crippen LogP contribution in [0, 0.1) is 30.1 Å². The lowest BCUT2D eigenvalue weighted by atomic mass is 9.70. The lowest BCUT2D eigenvalue weighted by Gasteiger charge is -2.40. The highest BCUT2D eigenvalue weighted by Crippen LogP contribution is 2.40. The number of hydrogen-bond acceptors (Lipinski definition) is 14. The Morgan fingerprint density at radius 1 is 0.972 bits per heavy atom. The van der Waals surface area contributed by atoms with Crippen LogP contribution < -0.4 is 11.2 Å². The van der Waals surface area contributed by atoms with E-state index in [1.807, 2.05) is 48.5 Å². The van der Waals surface area contributed by atoms with Crippen LogP contribution in [0.15, 0.2) is 64.3 Å². The number of aliphatic hydroxyl groups excluding tert-OH is 2. The van der Waals surface area contributed by atoms with Crippen LogP contribution in [0.1, 0.15) is 108 Å². The summed E-state index contributed by atoms with van der Waals surface area (Å²) in [7, 11) is -2.81. The van der Waals surface area contributed by atoms with Gasteiger partial charge in [0.2, 0.25) is 0 Å². The molecular formula is C52H74ClN5O12Si2. The molecule has 2 aromatic carbocycles. The monoisotopic (exact) mass is 1050 g/mol. The van der Waals surface area contributed by atoms with Crippen molar-refractivity contribution in [2.75, 3.05) is 13.2 Å². The highest BCUT2D eigenvalue weighted by atomic mass is 35.5. The minimum Gasteiger partial charge on any atom is -0.462 e. The van der Waals surface area contributed by atoms with E-state index in [2.05, 4.69) is 81.8 Å². The van der Waals surface area contributed by atoms with Crippen molar-refractivity contribution in [3.05, 3.63) is 104 Å². The topological polar surface area (TPSA) is 223 Å². The molecule has 6 atom stereocenters. The second kappa shape index (κ2) is 26.9. The number of carbonyl (C=O) groups excluding carboxylic acids is 2. The molecule has 0 amide bonds. The molecule has 1 saturated carbocycles. The Morgan fingerprint density at radius 2 is 1.60 bits per heavy atom. The molecule has 20 heteroatoms. The van der Waals surface area contributed by atoms with Crippen LogP contribution in [0.5, 0.6) is 0 Å². The number of H-pyrrole nitrogens is 1. The third-order valence-corrected chi connectivity index (χ3v) is 17.7. The van der Waals surface area contributed by atoms with Gasteiger partial charge in [-0.1, -0.05) is 95.0 Å². The molecule has 1 aliphatic carbocycles. The van der Waals surface area contributed by atoms with Crippen LogP contribution in [0.25, 0.3) is 11.3 Å². The minimum absolute atomic E-state index is 0.0443. The van der Waals surface area contributed by atoms with Gasteiger partial charge in [0.15, 0.2) is 8.32 Å². The van der Waals surface area contributed by atoms with E-state index in [-0.39, 0.29) is 48.2 Å². The van der Waals surface area contributed by atoms with Crippen molar-refractivity contribution < 1.29 is 47.6 Å². The Kier molecular flexibility index (Phi) is 22.3. The molecular weight excluding hydrogens is 978 g/mol. The molecule has 1 aliphatic heterocycles. The molecule has 72 heavy (non-hydrogen) atoms. The molecule has 2 aromatic heterocycles. The Morgan fingerprint density at radius 3 is 2.18 bits per heavy atom. The fraction of sp³-hybridized carbons (Fsp3) is 0.577. The molecule has 394 valence electrons. The SMILES string of the molecule is CC(=O)O[C@@H]1C[C@H](OCc2ccc(-c3nnn(CC(=O)OC[C@H]4O[C@@H](n5cc(C)c(=O)[nH]c5=O)CC4O)c3CO)cc2)C[C@H](C(C)(C)C)C1.CC(C)(C)[Si](C)(C)OCC#Cc1ccc(CCl)cc1.C[Si](C)=O. The summed E-state index contributed by atoms with van der Waals surface area (Å²) in [6.07, 6.45) is 0.821. The van der Waals surface area contributed by atoms with E-state index >= 15 is 0 Å². The molecule has 3 N–H and O–H groups in total. The van der Waals surface area contributed by atoms with Gasteiger partial charge in [-0.3, -0.25) is 23.9 Å². The van der Waals surface area contributed by atoms with E-state index < -0.39 is 59.3 Å². The number of aromatic nitrogens is 5. The van der Waals surface area contributed by atoms with Gasteiger partial charge >= 0.3 is 17.6 Å². The highest BCUT2D eigenvalue weighted by molar-refractivity contribution is 6.74. The van der Waals surface area contributed by atoms with Crippen LogP contribution in [-0.4, -0.2) is 101 Å². The van der Waals surface area contributed by atoms with Crippen LogP contribution in [-0.2, 0) is 63.1 Å². The van der Waals surface area contributed by atoms with Crippen molar-refractivity contribution in [2.45, 2.75) is 169 Å². The first-order chi connectivity index (χ1) is 33.7. The zero-order chi connectivity index (χ0) is 53.6. The average molecular weight is 1050 g/mol. The maximum atomic E-state index is 12.7. The fourth-order valence-corrected chi connectivity index (χ4v) is 8.68. The normalized spacial score (nSPS) is 19.9. The largest absolute Gasteiger partial charge is 0.462 e. The van der Waals surface area contributed by atoms with Gasteiger partial charge in [-0.25, -0.2) is 9.48 Å². The molecule has 17 nitrogen and oxygen atoms in total. The summed E-state index contributed by atoms with van der Waals surface area (Å²) in [5, 5.41) is 29.1. The lowest BCUT2D eigenvalue weighted by Crippen LogP contribution is -2.40. The van der Waals surface area contributed by atoms with Crippen molar-refractivity contribution in [3.63, 3.8) is 0 Å². The van der Waals surface area contributed by atoms with Crippen LogP contribution in [0.4, 0.5) is 0 Å². The van der Waals surface area contributed by atoms with Crippen LogP contribution in [0.3, 0.4) is 0 Å². The maximum Gasteiger partial charge on any atom is 0.330 e. The van der Waals surface area contributed by atoms with Crippen molar-refractivity contribution in [1.29, 1.82) is 0 Å². The summed E-state index contributed by atoms with van der Waals surface area (Å²) in [5.74, 6) is 6.15. The second-order valence-electron chi connectivity index (χ2n) is 21.0. The van der Waals surface area contributed by atoms with E-state index in [0.717, 1.165) is 29.5 Å². The fourth-order valence-electron chi connectivity index (χ4n) is 7.63. The number of ether oxygens (including phenoxy) is 4. The van der Waals surface area contributed by atoms with Gasteiger partial charge in [-0.2, -0.15) is 0 Å². The molecule has 2 aliphatic rings. The first-order valence-electron chi connectivity index (χ1n) is 24.2. The highest BCUT2D eigenvalue weighted by Gasteiger charge is 2.39. The van der Waals surface area contributed by atoms with Crippen molar-refractivity contribution in [1.82, 2.24) is 24.5 Å². The third-order valence-electron chi connectivity index (χ3n) is 12.9. The Hall–Kier alpha value is -4.92. The van der Waals surface area contributed by atoms with Gasteiger partial charge in [0.1, 0.15) is 37.3 Å². The summed E-state index contributed by atoms with van der Waals surface area (Å²) >= 11 is 5.75. The lowest BCUT2D eigenvalue weighted by molar-refractivity contribution is -0.154. The first kappa shape index (κ1) is 59.6. The zero-order valence-corrected chi connectivity index (χ0v) is 46.6. The number of esters is 2. The molecule has 0 radical (unpaired) electrons. The maximum absolute atomic E-state index is 12.7. The van der Waals surface area contributed by atoms with Crippen molar-refractivity contribution >= 4 is 40.5 Å². The first-order valence-corrected chi connectivity index (χ1v) is 30.0. The van der Waals surface area contributed by atoms with E-state index in [9.17, 15) is 33.9 Å².